The van der Waals surface area contributed by atoms with E-state index in [0.717, 1.165) is 17.0 Å². The summed E-state index contributed by atoms with van der Waals surface area (Å²) in [6.07, 6.45) is 3.13. The minimum Gasteiger partial charge on any atom is -0.497 e. The van der Waals surface area contributed by atoms with Gasteiger partial charge in [-0.1, -0.05) is 36.8 Å². The number of unbranched alkanes of at least 4 members (excludes halogenated alkanes) is 2. The summed E-state index contributed by atoms with van der Waals surface area (Å²) in [6, 6.07) is 20.3. The molecule has 1 amide bonds. The average molecular weight is 574 g/mol. The number of amides is 1. The van der Waals surface area contributed by atoms with Gasteiger partial charge in [0.25, 0.3) is 5.91 Å². The molecule has 1 saturated heterocycles. The van der Waals surface area contributed by atoms with Crippen LogP contribution in [0.5, 0.6) is 17.2 Å². The Morgan fingerprint density at radius 2 is 1.43 bits per heavy atom. The number of ether oxygens (including phenoxy) is 3. The van der Waals surface area contributed by atoms with Crippen LogP contribution in [0.15, 0.2) is 72.4 Å². The van der Waals surface area contributed by atoms with Crippen molar-refractivity contribution in [3.63, 3.8) is 0 Å². The molecule has 1 fully saturated rings. The number of rotatable bonds is 13. The van der Waals surface area contributed by atoms with E-state index in [0.29, 0.717) is 53.2 Å². The number of hydroxylamine groups is 2. The molecule has 0 aromatic heterocycles. The van der Waals surface area contributed by atoms with E-state index in [2.05, 4.69) is 0 Å². The Kier molecular flexibility index (Phi) is 10.0. The summed E-state index contributed by atoms with van der Waals surface area (Å²) in [7, 11) is 4.80. The Labute approximate surface area is 245 Å². The van der Waals surface area contributed by atoms with Gasteiger partial charge in [0.1, 0.15) is 34.5 Å². The van der Waals surface area contributed by atoms with Crippen LogP contribution in [0.2, 0.25) is 0 Å². The van der Waals surface area contributed by atoms with Crippen LogP contribution in [-0.4, -0.2) is 49.3 Å². The molecule has 0 unspecified atom stereocenters. The molecule has 4 rings (SSSR count). The van der Waals surface area contributed by atoms with Crippen LogP contribution in [0, 0.1) is 0 Å². The van der Waals surface area contributed by atoms with Gasteiger partial charge in [0, 0.05) is 19.3 Å². The molecule has 0 saturated carbocycles. The van der Waals surface area contributed by atoms with Crippen molar-refractivity contribution in [2.24, 2.45) is 0 Å². The summed E-state index contributed by atoms with van der Waals surface area (Å²) in [5, 5.41) is 13.1. The number of allylic oxidation sites excluding steroid dienone is 1. The second-order valence-electron chi connectivity index (χ2n) is 9.95. The first kappa shape index (κ1) is 30.4. The topological polar surface area (TPSA) is 112 Å². The molecular formula is C33H35NO8. The molecule has 0 spiro atoms. The Hall–Kier alpha value is -4.59. The maximum atomic E-state index is 12.4. The standard InChI is InChI=1S/C33H35NO8/c1-39-28-15-9-24(10-16-28)33(38,25-11-17-29(40-2)18-12-25)26-13-19-30(41-3)23(21-26)7-5-4-6-8-32(37)42-34-27(22-35)14-20-31(34)36/h9-13,15-19,21,38H,4-8,14,20H2,1-3H3. The van der Waals surface area contributed by atoms with Crippen molar-refractivity contribution < 1.29 is 38.5 Å². The van der Waals surface area contributed by atoms with Gasteiger partial charge in [-0.15, -0.1) is 5.06 Å². The van der Waals surface area contributed by atoms with Crippen LogP contribution >= 0.6 is 0 Å². The minimum absolute atomic E-state index is 0.0459. The van der Waals surface area contributed by atoms with E-state index < -0.39 is 17.5 Å². The maximum Gasteiger partial charge on any atom is 0.333 e. The molecule has 1 aliphatic heterocycles. The molecular weight excluding hydrogens is 538 g/mol. The molecule has 0 atom stereocenters. The van der Waals surface area contributed by atoms with Crippen LogP contribution in [0.1, 0.15) is 60.8 Å². The molecule has 9 heteroatoms. The Bertz CT molecular complexity index is 1390. The Balaban J connectivity index is 1.49. The van der Waals surface area contributed by atoms with Crippen molar-refractivity contribution in [2.45, 2.75) is 50.5 Å². The highest BCUT2D eigenvalue weighted by molar-refractivity contribution is 5.85. The van der Waals surface area contributed by atoms with E-state index in [-0.39, 0.29) is 25.0 Å². The van der Waals surface area contributed by atoms with Gasteiger partial charge in [-0.2, -0.15) is 0 Å². The van der Waals surface area contributed by atoms with Crippen LogP contribution in [-0.2, 0) is 31.2 Å². The molecule has 9 nitrogen and oxygen atoms in total. The van der Waals surface area contributed by atoms with Crippen LogP contribution < -0.4 is 14.2 Å². The fourth-order valence-corrected chi connectivity index (χ4v) is 5.05. The maximum absolute atomic E-state index is 12.4. The highest BCUT2D eigenvalue weighted by Crippen LogP contribution is 2.40. The molecule has 0 radical (unpaired) electrons. The highest BCUT2D eigenvalue weighted by Gasteiger charge is 2.35. The molecule has 0 aliphatic carbocycles. The highest BCUT2D eigenvalue weighted by atomic mass is 16.7. The molecule has 0 bridgehead atoms. The molecule has 1 heterocycles. The number of nitrogens with zero attached hydrogens (tertiary/aromatic N) is 1. The second-order valence-corrected chi connectivity index (χ2v) is 9.95. The monoisotopic (exact) mass is 573 g/mol. The van der Waals surface area contributed by atoms with Crippen molar-refractivity contribution in [1.82, 2.24) is 5.06 Å². The molecule has 1 N–H and O–H groups in total. The summed E-state index contributed by atoms with van der Waals surface area (Å²) >= 11 is 0. The smallest absolute Gasteiger partial charge is 0.333 e. The zero-order valence-electron chi connectivity index (χ0n) is 24.1. The van der Waals surface area contributed by atoms with Crippen LogP contribution in [0.25, 0.3) is 0 Å². The fourth-order valence-electron chi connectivity index (χ4n) is 5.05. The molecule has 220 valence electrons. The van der Waals surface area contributed by atoms with Crippen molar-refractivity contribution >= 4 is 17.8 Å². The summed E-state index contributed by atoms with van der Waals surface area (Å²) < 4.78 is 16.3. The molecule has 3 aromatic rings. The van der Waals surface area contributed by atoms with Gasteiger partial charge in [0.15, 0.2) is 0 Å². The van der Waals surface area contributed by atoms with Crippen molar-refractivity contribution in [3.05, 3.63) is 94.7 Å². The summed E-state index contributed by atoms with van der Waals surface area (Å²) in [4.78, 5) is 40.1. The van der Waals surface area contributed by atoms with Gasteiger partial charge in [-0.3, -0.25) is 4.79 Å². The lowest BCUT2D eigenvalue weighted by atomic mass is 9.79. The van der Waals surface area contributed by atoms with Crippen molar-refractivity contribution in [2.75, 3.05) is 21.3 Å². The summed E-state index contributed by atoms with van der Waals surface area (Å²) in [6.45, 7) is 0. The SMILES string of the molecule is COc1ccc(C(O)(c2ccc(OC)cc2)c2ccc(OC)c(CCCCCC(=O)ON3C(=O)CCC3=C=O)c2)cc1. The predicted octanol–water partition coefficient (Wildman–Crippen LogP) is 4.90. The Morgan fingerprint density at radius 3 is 1.98 bits per heavy atom. The van der Waals surface area contributed by atoms with Crippen molar-refractivity contribution in [1.29, 1.82) is 0 Å². The largest absolute Gasteiger partial charge is 0.497 e. The average Bonchev–Trinajstić information content (AvgIpc) is 3.38. The third kappa shape index (κ3) is 6.65. The van der Waals surface area contributed by atoms with Gasteiger partial charge in [-0.05, 0) is 77.9 Å². The van der Waals surface area contributed by atoms with E-state index in [1.807, 2.05) is 66.7 Å². The molecule has 3 aromatic carbocycles. The second kappa shape index (κ2) is 13.9. The van der Waals surface area contributed by atoms with E-state index in [9.17, 15) is 19.5 Å². The normalized spacial score (nSPS) is 13.1. The van der Waals surface area contributed by atoms with Crippen molar-refractivity contribution in [3.8, 4) is 17.2 Å². The Morgan fingerprint density at radius 1 is 0.833 bits per heavy atom. The number of aryl methyl sites for hydroxylation is 1. The first-order chi connectivity index (χ1) is 20.3. The lowest BCUT2D eigenvalue weighted by Gasteiger charge is -2.31. The van der Waals surface area contributed by atoms with E-state index in [4.69, 9.17) is 19.0 Å². The number of benzene rings is 3. The van der Waals surface area contributed by atoms with E-state index in [1.165, 1.54) is 0 Å². The van der Waals surface area contributed by atoms with Crippen LogP contribution in [0.4, 0.5) is 0 Å². The van der Waals surface area contributed by atoms with E-state index in [1.54, 1.807) is 27.3 Å². The van der Waals surface area contributed by atoms with Gasteiger partial charge in [0.2, 0.25) is 0 Å². The number of methoxy groups -OCH3 is 3. The number of hydrogen-bond donors (Lipinski definition) is 1. The lowest BCUT2D eigenvalue weighted by Crippen LogP contribution is -2.29. The zero-order chi connectivity index (χ0) is 30.1. The zero-order valence-corrected chi connectivity index (χ0v) is 24.1. The first-order valence-electron chi connectivity index (χ1n) is 13.8. The van der Waals surface area contributed by atoms with Gasteiger partial charge < -0.3 is 24.2 Å². The number of hydrogen-bond acceptors (Lipinski definition) is 8. The summed E-state index contributed by atoms with van der Waals surface area (Å²) in [5.74, 6) is 2.73. The van der Waals surface area contributed by atoms with Crippen LogP contribution in [0.3, 0.4) is 0 Å². The first-order valence-corrected chi connectivity index (χ1v) is 13.8. The van der Waals surface area contributed by atoms with Gasteiger partial charge >= 0.3 is 5.97 Å². The predicted molar refractivity (Wildman–Crippen MR) is 155 cm³/mol. The third-order valence-electron chi connectivity index (χ3n) is 7.40. The lowest BCUT2D eigenvalue weighted by molar-refractivity contribution is -0.186. The quantitative estimate of drug-likeness (QED) is 0.175. The number of carbonyl (C=O) groups excluding carboxylic acids is 3. The van der Waals surface area contributed by atoms with E-state index >= 15 is 0 Å². The van der Waals surface area contributed by atoms with Gasteiger partial charge in [0.05, 0.1) is 21.3 Å². The number of carbonyl (C=O) groups is 2. The third-order valence-corrected chi connectivity index (χ3v) is 7.40. The molecule has 1 aliphatic rings. The fraction of sp³-hybridized carbons (Fsp3) is 0.333. The van der Waals surface area contributed by atoms with Gasteiger partial charge in [-0.25, -0.2) is 9.59 Å². The molecule has 42 heavy (non-hydrogen) atoms. The summed E-state index contributed by atoms with van der Waals surface area (Å²) in [5.41, 5.74) is 1.52. The number of aliphatic hydroxyl groups is 1. The minimum atomic E-state index is -1.47.